The smallest absolute Gasteiger partial charge is 0.305 e. The van der Waals surface area contributed by atoms with Crippen LogP contribution in [0.25, 0.3) is 0 Å². The van der Waals surface area contributed by atoms with Crippen molar-refractivity contribution in [2.24, 2.45) is 0 Å². The molecule has 5 nitrogen and oxygen atoms in total. The van der Waals surface area contributed by atoms with Crippen molar-refractivity contribution in [3.63, 3.8) is 0 Å². The summed E-state index contributed by atoms with van der Waals surface area (Å²) < 4.78 is 12.7. The topological polar surface area (TPSA) is 69.6 Å². The predicted octanol–water partition coefficient (Wildman–Crippen LogP) is 0.563. The maximum absolute atomic E-state index is 12.7. The molecule has 17 heavy (non-hydrogen) atoms. The molecule has 1 aromatic carbocycles. The molecule has 1 aliphatic heterocycles. The number of aliphatic carboxylic acids is 1. The summed E-state index contributed by atoms with van der Waals surface area (Å²) in [6.07, 6.45) is -0.253. The van der Waals surface area contributed by atoms with Gasteiger partial charge in [0.2, 0.25) is 5.91 Å². The highest BCUT2D eigenvalue weighted by molar-refractivity contribution is 6.00. The number of carboxylic acid groups (broad SMARTS) is 1. The number of carboxylic acids is 1. The fourth-order valence-corrected chi connectivity index (χ4v) is 1.73. The second kappa shape index (κ2) is 4.50. The first kappa shape index (κ1) is 11.5. The van der Waals surface area contributed by atoms with Crippen LogP contribution < -0.4 is 10.2 Å². The maximum atomic E-state index is 12.7. The Morgan fingerprint density at radius 1 is 1.47 bits per heavy atom. The molecule has 1 aliphatic rings. The standard InChI is InChI=1S/C11H11FN2O3/c12-7-1-3-8(4-2-7)14-6-13-9(11(14)17)5-10(15)16/h1-4,9,13H,5-6H2,(H,15,16). The lowest BCUT2D eigenvalue weighted by molar-refractivity contribution is -0.139. The van der Waals surface area contributed by atoms with Crippen LogP contribution in [0.5, 0.6) is 0 Å². The fourth-order valence-electron chi connectivity index (χ4n) is 1.73. The molecule has 2 N–H and O–H groups in total. The Labute approximate surface area is 96.8 Å². The molecule has 1 aromatic rings. The zero-order chi connectivity index (χ0) is 12.4. The number of amides is 1. The number of anilines is 1. The van der Waals surface area contributed by atoms with Crippen LogP contribution in [0.4, 0.5) is 10.1 Å². The summed E-state index contributed by atoms with van der Waals surface area (Å²) in [6.45, 7) is 0.239. The number of hydrogen-bond acceptors (Lipinski definition) is 3. The molecule has 0 spiro atoms. The first-order valence-electron chi connectivity index (χ1n) is 5.10. The van der Waals surface area contributed by atoms with E-state index in [9.17, 15) is 14.0 Å². The van der Waals surface area contributed by atoms with Crippen LogP contribution in [0.2, 0.25) is 0 Å². The third kappa shape index (κ3) is 2.42. The quantitative estimate of drug-likeness (QED) is 0.807. The molecule has 2 rings (SSSR count). The van der Waals surface area contributed by atoms with E-state index in [0.29, 0.717) is 5.69 Å². The van der Waals surface area contributed by atoms with Gasteiger partial charge in [-0.15, -0.1) is 0 Å². The van der Waals surface area contributed by atoms with Gasteiger partial charge in [0, 0.05) is 5.69 Å². The van der Waals surface area contributed by atoms with Gasteiger partial charge in [0.1, 0.15) is 5.82 Å². The Hall–Kier alpha value is -1.95. The first-order valence-corrected chi connectivity index (χ1v) is 5.10. The minimum atomic E-state index is -1.03. The highest BCUT2D eigenvalue weighted by Gasteiger charge is 2.33. The molecule has 0 bridgehead atoms. The van der Waals surface area contributed by atoms with E-state index in [2.05, 4.69) is 5.32 Å². The number of hydrogen-bond donors (Lipinski definition) is 2. The lowest BCUT2D eigenvalue weighted by atomic mass is 10.2. The SMILES string of the molecule is O=C(O)CC1NCN(c2ccc(F)cc2)C1=O. The van der Waals surface area contributed by atoms with Gasteiger partial charge in [-0.05, 0) is 24.3 Å². The van der Waals surface area contributed by atoms with Crippen LogP contribution in [0.15, 0.2) is 24.3 Å². The van der Waals surface area contributed by atoms with Gasteiger partial charge in [0.25, 0.3) is 0 Å². The molecule has 6 heteroatoms. The van der Waals surface area contributed by atoms with Crippen molar-refractivity contribution in [2.75, 3.05) is 11.6 Å². The molecular weight excluding hydrogens is 227 g/mol. The van der Waals surface area contributed by atoms with E-state index in [1.54, 1.807) is 0 Å². The molecule has 90 valence electrons. The molecule has 1 fully saturated rings. The minimum Gasteiger partial charge on any atom is -0.481 e. The van der Waals surface area contributed by atoms with E-state index < -0.39 is 12.0 Å². The number of nitrogens with one attached hydrogen (secondary N) is 1. The number of carbonyl (C=O) groups excluding carboxylic acids is 1. The number of carbonyl (C=O) groups is 2. The van der Waals surface area contributed by atoms with E-state index in [4.69, 9.17) is 5.11 Å². The largest absolute Gasteiger partial charge is 0.481 e. The van der Waals surface area contributed by atoms with Crippen molar-refractivity contribution in [2.45, 2.75) is 12.5 Å². The minimum absolute atomic E-state index is 0.239. The van der Waals surface area contributed by atoms with E-state index in [0.717, 1.165) is 0 Å². The van der Waals surface area contributed by atoms with E-state index in [1.807, 2.05) is 0 Å². The molecule has 0 aromatic heterocycles. The summed E-state index contributed by atoms with van der Waals surface area (Å²) in [6, 6.07) is 4.77. The second-order valence-electron chi connectivity index (χ2n) is 3.76. The Morgan fingerprint density at radius 2 is 2.12 bits per heavy atom. The number of benzene rings is 1. The van der Waals surface area contributed by atoms with Crippen molar-refractivity contribution in [3.8, 4) is 0 Å². The van der Waals surface area contributed by atoms with Gasteiger partial charge in [-0.25, -0.2) is 4.39 Å². The van der Waals surface area contributed by atoms with Crippen molar-refractivity contribution in [1.82, 2.24) is 5.32 Å². The Balaban J connectivity index is 2.12. The van der Waals surface area contributed by atoms with Gasteiger partial charge in [-0.3, -0.25) is 19.8 Å². The molecule has 0 radical (unpaired) electrons. The van der Waals surface area contributed by atoms with Crippen molar-refractivity contribution in [1.29, 1.82) is 0 Å². The van der Waals surface area contributed by atoms with Crippen LogP contribution in [-0.2, 0) is 9.59 Å². The van der Waals surface area contributed by atoms with Crippen LogP contribution in [0.3, 0.4) is 0 Å². The summed E-state index contributed by atoms with van der Waals surface area (Å²) in [5, 5.41) is 11.4. The Bertz CT molecular complexity index is 447. The highest BCUT2D eigenvalue weighted by atomic mass is 19.1. The summed E-state index contributed by atoms with van der Waals surface area (Å²) in [5.41, 5.74) is 0.553. The fraction of sp³-hybridized carbons (Fsp3) is 0.273. The van der Waals surface area contributed by atoms with Crippen molar-refractivity contribution >= 4 is 17.6 Å². The zero-order valence-electron chi connectivity index (χ0n) is 8.89. The summed E-state index contributed by atoms with van der Waals surface area (Å²) in [7, 11) is 0. The molecule has 1 atom stereocenters. The highest BCUT2D eigenvalue weighted by Crippen LogP contribution is 2.19. The van der Waals surface area contributed by atoms with Crippen LogP contribution in [-0.4, -0.2) is 29.7 Å². The molecular formula is C11H11FN2O3. The van der Waals surface area contributed by atoms with Gasteiger partial charge in [-0.1, -0.05) is 0 Å². The molecule has 1 unspecified atom stereocenters. The van der Waals surface area contributed by atoms with Gasteiger partial charge < -0.3 is 5.11 Å². The molecule has 0 aliphatic carbocycles. The van der Waals surface area contributed by atoms with Crippen molar-refractivity contribution < 1.29 is 19.1 Å². The molecule has 1 saturated heterocycles. The lowest BCUT2D eigenvalue weighted by Gasteiger charge is -2.14. The zero-order valence-corrected chi connectivity index (χ0v) is 8.89. The number of nitrogens with zero attached hydrogens (tertiary/aromatic N) is 1. The Morgan fingerprint density at radius 3 is 2.71 bits per heavy atom. The number of halogens is 1. The normalized spacial score (nSPS) is 19.7. The van der Waals surface area contributed by atoms with Gasteiger partial charge in [0.15, 0.2) is 0 Å². The third-order valence-electron chi connectivity index (χ3n) is 2.58. The number of rotatable bonds is 3. The molecule has 1 heterocycles. The lowest BCUT2D eigenvalue weighted by Crippen LogP contribution is -2.32. The Kier molecular flexibility index (Phi) is 3.06. The summed E-state index contributed by atoms with van der Waals surface area (Å²) in [4.78, 5) is 23.8. The summed E-state index contributed by atoms with van der Waals surface area (Å²) in [5.74, 6) is -1.72. The summed E-state index contributed by atoms with van der Waals surface area (Å²) >= 11 is 0. The van der Waals surface area contributed by atoms with Gasteiger partial charge in [-0.2, -0.15) is 0 Å². The first-order chi connectivity index (χ1) is 8.08. The average molecular weight is 238 g/mol. The molecule has 0 saturated carbocycles. The third-order valence-corrected chi connectivity index (χ3v) is 2.58. The van der Waals surface area contributed by atoms with Crippen molar-refractivity contribution in [3.05, 3.63) is 30.1 Å². The van der Waals surface area contributed by atoms with E-state index in [1.165, 1.54) is 29.2 Å². The predicted molar refractivity (Wildman–Crippen MR) is 57.9 cm³/mol. The van der Waals surface area contributed by atoms with Gasteiger partial charge >= 0.3 is 5.97 Å². The van der Waals surface area contributed by atoms with Gasteiger partial charge in [0.05, 0.1) is 19.1 Å². The van der Waals surface area contributed by atoms with E-state index in [-0.39, 0.29) is 24.8 Å². The van der Waals surface area contributed by atoms with Crippen LogP contribution in [0, 0.1) is 5.82 Å². The average Bonchev–Trinajstić information content (AvgIpc) is 2.61. The van der Waals surface area contributed by atoms with E-state index >= 15 is 0 Å². The second-order valence-corrected chi connectivity index (χ2v) is 3.76. The van der Waals surface area contributed by atoms with Crippen LogP contribution in [0.1, 0.15) is 6.42 Å². The maximum Gasteiger partial charge on any atom is 0.305 e. The van der Waals surface area contributed by atoms with Crippen LogP contribution >= 0.6 is 0 Å². The monoisotopic (exact) mass is 238 g/mol. The molecule has 1 amide bonds.